The van der Waals surface area contributed by atoms with Crippen LogP contribution in [0.3, 0.4) is 0 Å². The molecule has 1 atom stereocenters. The topological polar surface area (TPSA) is 123 Å². The average molecular weight is 435 g/mol. The van der Waals surface area contributed by atoms with Crippen molar-refractivity contribution in [1.82, 2.24) is 15.6 Å². The highest BCUT2D eigenvalue weighted by atomic mass is 79.9. The molecule has 0 unspecified atom stereocenters. The van der Waals surface area contributed by atoms with Crippen molar-refractivity contribution in [3.8, 4) is 0 Å². The summed E-state index contributed by atoms with van der Waals surface area (Å²) in [6.45, 7) is -0.251. The van der Waals surface area contributed by atoms with E-state index in [0.717, 1.165) is 11.1 Å². The summed E-state index contributed by atoms with van der Waals surface area (Å²) >= 11 is 3.28. The van der Waals surface area contributed by atoms with Crippen molar-refractivity contribution in [2.24, 2.45) is 5.73 Å². The molecular weight excluding hydrogens is 416 g/mol. The van der Waals surface area contributed by atoms with Crippen molar-refractivity contribution >= 4 is 33.8 Å². The molecule has 0 bridgehead atoms. The molecule has 4 N–H and O–H groups in total. The molecule has 1 heterocycles. The van der Waals surface area contributed by atoms with Crippen LogP contribution in [0.25, 0.3) is 0 Å². The largest absolute Gasteiger partial charge is 0.445 e. The number of halogens is 1. The second kappa shape index (κ2) is 10.3. The maximum atomic E-state index is 12.0. The van der Waals surface area contributed by atoms with Crippen LogP contribution in [0.15, 0.2) is 53.3 Å². The van der Waals surface area contributed by atoms with Crippen LogP contribution >= 0.6 is 15.9 Å². The Morgan fingerprint density at radius 3 is 2.56 bits per heavy atom. The molecule has 2 rings (SSSR count). The molecule has 0 fully saturated rings. The molecule has 0 saturated heterocycles. The van der Waals surface area contributed by atoms with E-state index in [9.17, 15) is 14.4 Å². The maximum Gasteiger partial charge on any atom is 0.407 e. The van der Waals surface area contributed by atoms with E-state index in [-0.39, 0.29) is 19.6 Å². The fraction of sp³-hybridized carbons (Fsp3) is 0.222. The summed E-state index contributed by atoms with van der Waals surface area (Å²) in [5, 5.41) is 4.81. The van der Waals surface area contributed by atoms with Gasteiger partial charge in [0, 0.05) is 12.6 Å². The van der Waals surface area contributed by atoms with Crippen molar-refractivity contribution in [2.45, 2.75) is 19.1 Å². The van der Waals surface area contributed by atoms with Gasteiger partial charge in [0.25, 0.3) is 0 Å². The SMILES string of the molecule is NC(=O)[C@@H](Cc1cccnc1Br)NC(=O)CNC(=O)OCc1ccccc1. The Labute approximate surface area is 164 Å². The Balaban J connectivity index is 1.79. The number of aromatic nitrogens is 1. The van der Waals surface area contributed by atoms with Crippen molar-refractivity contribution in [2.75, 3.05) is 6.54 Å². The lowest BCUT2D eigenvalue weighted by molar-refractivity contribution is -0.126. The van der Waals surface area contributed by atoms with Crippen LogP contribution in [-0.2, 0) is 27.4 Å². The van der Waals surface area contributed by atoms with Crippen molar-refractivity contribution in [3.05, 3.63) is 64.4 Å². The van der Waals surface area contributed by atoms with E-state index in [4.69, 9.17) is 10.5 Å². The Morgan fingerprint density at radius 1 is 1.15 bits per heavy atom. The van der Waals surface area contributed by atoms with Crippen LogP contribution in [0, 0.1) is 0 Å². The molecular formula is C18H19BrN4O4. The van der Waals surface area contributed by atoms with Crippen molar-refractivity contribution in [1.29, 1.82) is 0 Å². The highest BCUT2D eigenvalue weighted by Crippen LogP contribution is 2.14. The van der Waals surface area contributed by atoms with Gasteiger partial charge in [-0.3, -0.25) is 9.59 Å². The Kier molecular flexibility index (Phi) is 7.75. The zero-order chi connectivity index (χ0) is 19.6. The molecule has 0 aliphatic carbocycles. The monoisotopic (exact) mass is 434 g/mol. The summed E-state index contributed by atoms with van der Waals surface area (Å²) in [5.74, 6) is -1.25. The fourth-order valence-corrected chi connectivity index (χ4v) is 2.60. The Morgan fingerprint density at radius 2 is 1.89 bits per heavy atom. The molecule has 3 amide bonds. The number of nitrogens with one attached hydrogen (secondary N) is 2. The highest BCUT2D eigenvalue weighted by molar-refractivity contribution is 9.10. The van der Waals surface area contributed by atoms with Gasteiger partial charge < -0.3 is 21.1 Å². The molecule has 0 radical (unpaired) electrons. The van der Waals surface area contributed by atoms with Gasteiger partial charge in [-0.05, 0) is 33.1 Å². The summed E-state index contributed by atoms with van der Waals surface area (Å²) in [5.41, 5.74) is 6.90. The molecule has 0 aliphatic rings. The number of hydrogen-bond donors (Lipinski definition) is 3. The molecule has 2 aromatic rings. The number of benzene rings is 1. The van der Waals surface area contributed by atoms with Crippen LogP contribution < -0.4 is 16.4 Å². The van der Waals surface area contributed by atoms with E-state index < -0.39 is 23.9 Å². The number of nitrogens with two attached hydrogens (primary N) is 1. The number of nitrogens with zero attached hydrogens (tertiary/aromatic N) is 1. The van der Waals surface area contributed by atoms with E-state index in [1.165, 1.54) is 0 Å². The second-order valence-corrected chi connectivity index (χ2v) is 6.35. The van der Waals surface area contributed by atoms with Gasteiger partial charge in [0.05, 0.1) is 0 Å². The third-order valence-electron chi connectivity index (χ3n) is 3.55. The van der Waals surface area contributed by atoms with Crippen LogP contribution in [0.4, 0.5) is 4.79 Å². The predicted molar refractivity (Wildman–Crippen MR) is 101 cm³/mol. The second-order valence-electron chi connectivity index (χ2n) is 5.60. The van der Waals surface area contributed by atoms with Gasteiger partial charge in [-0.25, -0.2) is 9.78 Å². The number of carbonyl (C=O) groups is 3. The molecule has 8 nitrogen and oxygen atoms in total. The highest BCUT2D eigenvalue weighted by Gasteiger charge is 2.20. The molecule has 0 aliphatic heterocycles. The first kappa shape index (κ1) is 20.4. The fourth-order valence-electron chi connectivity index (χ4n) is 2.19. The van der Waals surface area contributed by atoms with Crippen LogP contribution in [-0.4, -0.2) is 35.5 Å². The lowest BCUT2D eigenvalue weighted by Gasteiger charge is -2.16. The van der Waals surface area contributed by atoms with E-state index in [2.05, 4.69) is 31.5 Å². The maximum absolute atomic E-state index is 12.0. The van der Waals surface area contributed by atoms with E-state index in [0.29, 0.717) is 4.60 Å². The Hall–Kier alpha value is -2.94. The third kappa shape index (κ3) is 7.06. The number of rotatable bonds is 8. The number of pyridine rings is 1. The summed E-state index contributed by atoms with van der Waals surface area (Å²) < 4.78 is 5.57. The molecule has 0 spiro atoms. The van der Waals surface area contributed by atoms with Gasteiger partial charge in [0.15, 0.2) is 0 Å². The van der Waals surface area contributed by atoms with Gasteiger partial charge in [-0.15, -0.1) is 0 Å². The molecule has 1 aromatic carbocycles. The first-order valence-electron chi connectivity index (χ1n) is 8.08. The summed E-state index contributed by atoms with van der Waals surface area (Å²) in [7, 11) is 0. The molecule has 142 valence electrons. The minimum Gasteiger partial charge on any atom is -0.445 e. The number of ether oxygens (including phenoxy) is 1. The molecule has 27 heavy (non-hydrogen) atoms. The van der Waals surface area contributed by atoms with Gasteiger partial charge in [-0.2, -0.15) is 0 Å². The minimum absolute atomic E-state index is 0.0905. The quantitative estimate of drug-likeness (QED) is 0.539. The van der Waals surface area contributed by atoms with Crippen molar-refractivity contribution in [3.63, 3.8) is 0 Å². The Bertz CT molecular complexity index is 801. The summed E-state index contributed by atoms with van der Waals surface area (Å²) in [4.78, 5) is 39.3. The van der Waals surface area contributed by atoms with E-state index >= 15 is 0 Å². The normalized spacial score (nSPS) is 11.3. The van der Waals surface area contributed by atoms with Crippen LogP contribution in [0.5, 0.6) is 0 Å². The van der Waals surface area contributed by atoms with Crippen molar-refractivity contribution < 1.29 is 19.1 Å². The zero-order valence-electron chi connectivity index (χ0n) is 14.4. The molecule has 1 aromatic heterocycles. The average Bonchev–Trinajstić information content (AvgIpc) is 2.66. The summed E-state index contributed by atoms with van der Waals surface area (Å²) in [6, 6.07) is 11.7. The predicted octanol–water partition coefficient (Wildman–Crippen LogP) is 1.28. The first-order valence-corrected chi connectivity index (χ1v) is 8.87. The van der Waals surface area contributed by atoms with Gasteiger partial charge >= 0.3 is 6.09 Å². The number of hydrogen-bond acceptors (Lipinski definition) is 5. The van der Waals surface area contributed by atoms with E-state index in [1.807, 2.05) is 30.3 Å². The van der Waals surface area contributed by atoms with E-state index in [1.54, 1.807) is 18.3 Å². The van der Waals surface area contributed by atoms with Gasteiger partial charge in [-0.1, -0.05) is 36.4 Å². The minimum atomic E-state index is -0.930. The lowest BCUT2D eigenvalue weighted by Crippen LogP contribution is -2.49. The lowest BCUT2D eigenvalue weighted by atomic mass is 10.1. The zero-order valence-corrected chi connectivity index (χ0v) is 15.9. The number of amides is 3. The number of primary amides is 1. The number of carbonyl (C=O) groups excluding carboxylic acids is 3. The standard InChI is InChI=1S/C18H19BrN4O4/c19-16-13(7-4-8-21-16)9-14(17(20)25)23-15(24)10-22-18(26)27-11-12-5-2-1-3-6-12/h1-8,14H,9-11H2,(H2,20,25)(H,22,26)(H,23,24)/t14-/m1/s1. The number of alkyl carbamates (subject to hydrolysis) is 1. The van der Waals surface area contributed by atoms with Crippen LogP contribution in [0.2, 0.25) is 0 Å². The third-order valence-corrected chi connectivity index (χ3v) is 4.26. The van der Waals surface area contributed by atoms with Gasteiger partial charge in [0.1, 0.15) is 23.8 Å². The van der Waals surface area contributed by atoms with Crippen LogP contribution in [0.1, 0.15) is 11.1 Å². The molecule has 0 saturated carbocycles. The smallest absolute Gasteiger partial charge is 0.407 e. The molecule has 9 heteroatoms. The summed E-state index contributed by atoms with van der Waals surface area (Å²) in [6.07, 6.45) is 1.03. The first-order chi connectivity index (χ1) is 13.0. The van der Waals surface area contributed by atoms with Gasteiger partial charge in [0.2, 0.25) is 11.8 Å².